The van der Waals surface area contributed by atoms with Crippen molar-refractivity contribution in [2.24, 2.45) is 5.92 Å². The van der Waals surface area contributed by atoms with E-state index in [0.29, 0.717) is 17.9 Å². The van der Waals surface area contributed by atoms with Gasteiger partial charge >= 0.3 is 5.97 Å². The minimum atomic E-state index is -0.771. The molecule has 2 atom stereocenters. The summed E-state index contributed by atoms with van der Waals surface area (Å²) in [7, 11) is 0. The number of carbonyl (C=O) groups excluding carboxylic acids is 2. The van der Waals surface area contributed by atoms with E-state index in [1.54, 1.807) is 20.8 Å². The summed E-state index contributed by atoms with van der Waals surface area (Å²) in [4.78, 5) is 23.3. The highest BCUT2D eigenvalue weighted by Gasteiger charge is 2.43. The van der Waals surface area contributed by atoms with Crippen molar-refractivity contribution in [3.63, 3.8) is 0 Å². The molecule has 1 aliphatic heterocycles. The van der Waals surface area contributed by atoms with E-state index in [2.05, 4.69) is 0 Å². The van der Waals surface area contributed by atoms with Crippen LogP contribution in [0.1, 0.15) is 27.7 Å². The topological polar surface area (TPSA) is 61.8 Å². The van der Waals surface area contributed by atoms with Gasteiger partial charge in [-0.05, 0) is 27.7 Å². The molecule has 1 rings (SSSR count). The van der Waals surface area contributed by atoms with Crippen molar-refractivity contribution < 1.29 is 23.8 Å². The second-order valence-electron chi connectivity index (χ2n) is 3.70. The lowest BCUT2D eigenvalue weighted by Crippen LogP contribution is -2.32. The Bertz CT molecular complexity index is 345. The van der Waals surface area contributed by atoms with Crippen molar-refractivity contribution in [3.05, 3.63) is 11.3 Å². The molecule has 96 valence electrons. The first kappa shape index (κ1) is 13.7. The van der Waals surface area contributed by atoms with Gasteiger partial charge in [-0.25, -0.2) is 0 Å². The molecule has 0 aromatic rings. The molecule has 0 amide bonds. The molecule has 0 spiro atoms. The average molecular weight is 242 g/mol. The van der Waals surface area contributed by atoms with Crippen LogP contribution < -0.4 is 0 Å². The maximum atomic E-state index is 11.8. The summed E-state index contributed by atoms with van der Waals surface area (Å²) in [6.07, 6.45) is -0.752. The number of ether oxygens (including phenoxy) is 3. The number of hydrogen-bond acceptors (Lipinski definition) is 5. The van der Waals surface area contributed by atoms with Crippen LogP contribution in [0.5, 0.6) is 0 Å². The van der Waals surface area contributed by atoms with Crippen LogP contribution in [-0.2, 0) is 23.8 Å². The van der Waals surface area contributed by atoms with Gasteiger partial charge in [-0.3, -0.25) is 9.59 Å². The fraction of sp³-hybridized carbons (Fsp3) is 0.667. The number of rotatable bonds is 5. The highest BCUT2D eigenvalue weighted by Crippen LogP contribution is 2.33. The molecule has 0 bridgehead atoms. The normalized spacial score (nSPS) is 23.5. The third kappa shape index (κ3) is 2.85. The van der Waals surface area contributed by atoms with Gasteiger partial charge in [0.15, 0.2) is 11.7 Å². The molecule has 0 radical (unpaired) electrons. The highest BCUT2D eigenvalue weighted by atomic mass is 16.7. The highest BCUT2D eigenvalue weighted by molar-refractivity contribution is 6.00. The van der Waals surface area contributed by atoms with Crippen LogP contribution in [0.3, 0.4) is 0 Å². The number of carbonyl (C=O) groups is 2. The summed E-state index contributed by atoms with van der Waals surface area (Å²) in [6.45, 7) is 7.24. The molecule has 0 aromatic carbocycles. The van der Waals surface area contributed by atoms with Gasteiger partial charge in [-0.1, -0.05) is 0 Å². The summed E-state index contributed by atoms with van der Waals surface area (Å²) < 4.78 is 15.7. The van der Waals surface area contributed by atoms with E-state index in [1.165, 1.54) is 6.92 Å². The molecular formula is C12H18O5. The van der Waals surface area contributed by atoms with Gasteiger partial charge in [0.05, 0.1) is 12.2 Å². The number of esters is 1. The Balaban J connectivity index is 2.97. The zero-order valence-corrected chi connectivity index (χ0v) is 10.6. The van der Waals surface area contributed by atoms with Crippen LogP contribution in [0.2, 0.25) is 0 Å². The lowest BCUT2D eigenvalue weighted by Gasteiger charge is -2.18. The molecule has 5 nitrogen and oxygen atoms in total. The monoisotopic (exact) mass is 242 g/mol. The molecule has 0 saturated carbocycles. The van der Waals surface area contributed by atoms with Gasteiger partial charge in [0.1, 0.15) is 5.76 Å². The summed E-state index contributed by atoms with van der Waals surface area (Å²) in [6, 6.07) is 0. The Morgan fingerprint density at radius 2 is 1.94 bits per heavy atom. The van der Waals surface area contributed by atoms with Crippen LogP contribution in [0.4, 0.5) is 0 Å². The number of hydrogen-bond donors (Lipinski definition) is 0. The van der Waals surface area contributed by atoms with Gasteiger partial charge in [-0.15, -0.1) is 0 Å². The maximum Gasteiger partial charge on any atom is 0.320 e. The quantitative estimate of drug-likeness (QED) is 0.682. The number of Topliss-reactive ketones (excluding diaryl/α,β-unsaturated/α-hetero) is 1. The Morgan fingerprint density at radius 3 is 2.41 bits per heavy atom. The largest absolute Gasteiger partial charge is 0.468 e. The van der Waals surface area contributed by atoms with Crippen molar-refractivity contribution in [1.29, 1.82) is 0 Å². The third-order valence-electron chi connectivity index (χ3n) is 2.51. The zero-order chi connectivity index (χ0) is 13.0. The van der Waals surface area contributed by atoms with Gasteiger partial charge in [0.25, 0.3) is 0 Å². The second-order valence-corrected chi connectivity index (χ2v) is 3.70. The Kier molecular flexibility index (Phi) is 4.69. The molecule has 2 unspecified atom stereocenters. The molecule has 0 aliphatic carbocycles. The predicted octanol–water partition coefficient (Wildman–Crippen LogP) is 1.42. The van der Waals surface area contributed by atoms with Crippen molar-refractivity contribution in [1.82, 2.24) is 0 Å². The smallest absolute Gasteiger partial charge is 0.320 e. The summed E-state index contributed by atoms with van der Waals surface area (Å²) in [5, 5.41) is 0. The Hall–Kier alpha value is -1.36. The zero-order valence-electron chi connectivity index (χ0n) is 10.6. The molecular weight excluding hydrogens is 224 g/mol. The molecule has 17 heavy (non-hydrogen) atoms. The summed E-state index contributed by atoms with van der Waals surface area (Å²) in [5.41, 5.74) is 0.349. The van der Waals surface area contributed by atoms with Crippen molar-refractivity contribution in [3.8, 4) is 0 Å². The van der Waals surface area contributed by atoms with E-state index in [0.717, 1.165) is 0 Å². The molecule has 0 saturated heterocycles. The van der Waals surface area contributed by atoms with E-state index in [9.17, 15) is 9.59 Å². The van der Waals surface area contributed by atoms with Crippen LogP contribution in [-0.4, -0.2) is 31.3 Å². The number of allylic oxidation sites excluding steroid dienone is 1. The van der Waals surface area contributed by atoms with Crippen molar-refractivity contribution >= 4 is 11.8 Å². The summed E-state index contributed by atoms with van der Waals surface area (Å²) >= 11 is 0. The Labute approximate surface area is 101 Å². The summed E-state index contributed by atoms with van der Waals surface area (Å²) in [5.74, 6) is -1.00. The molecule has 0 N–H and O–H groups in total. The fourth-order valence-corrected chi connectivity index (χ4v) is 1.88. The number of ketones is 1. The van der Waals surface area contributed by atoms with Gasteiger partial charge in [0.2, 0.25) is 6.29 Å². The van der Waals surface area contributed by atoms with Crippen LogP contribution in [0.25, 0.3) is 0 Å². The van der Waals surface area contributed by atoms with E-state index in [4.69, 9.17) is 14.2 Å². The van der Waals surface area contributed by atoms with Crippen LogP contribution in [0, 0.1) is 5.92 Å². The first-order valence-electron chi connectivity index (χ1n) is 5.69. The Morgan fingerprint density at radius 1 is 1.29 bits per heavy atom. The predicted molar refractivity (Wildman–Crippen MR) is 60.0 cm³/mol. The van der Waals surface area contributed by atoms with E-state index in [-0.39, 0.29) is 12.4 Å². The van der Waals surface area contributed by atoms with Crippen LogP contribution >= 0.6 is 0 Å². The SMILES string of the molecule is CCOC(=O)C1C(C(C)=O)=C(C)OC1OCC. The van der Waals surface area contributed by atoms with Crippen LogP contribution in [0.15, 0.2) is 11.3 Å². The van der Waals surface area contributed by atoms with Gasteiger partial charge < -0.3 is 14.2 Å². The minimum Gasteiger partial charge on any atom is -0.468 e. The molecule has 1 heterocycles. The standard InChI is InChI=1S/C12H18O5/c1-5-15-11(14)10-9(7(3)13)8(4)17-12(10)16-6-2/h10,12H,5-6H2,1-4H3. The third-order valence-corrected chi connectivity index (χ3v) is 2.51. The lowest BCUT2D eigenvalue weighted by atomic mass is 9.96. The first-order chi connectivity index (χ1) is 8.02. The molecule has 0 fully saturated rings. The lowest BCUT2D eigenvalue weighted by molar-refractivity contribution is -0.166. The van der Waals surface area contributed by atoms with E-state index < -0.39 is 18.2 Å². The van der Waals surface area contributed by atoms with Crippen molar-refractivity contribution in [2.75, 3.05) is 13.2 Å². The van der Waals surface area contributed by atoms with Gasteiger partial charge in [0, 0.05) is 6.61 Å². The second kappa shape index (κ2) is 5.82. The molecule has 0 aromatic heterocycles. The minimum absolute atomic E-state index is 0.192. The van der Waals surface area contributed by atoms with Crippen molar-refractivity contribution in [2.45, 2.75) is 34.0 Å². The average Bonchev–Trinajstić information content (AvgIpc) is 2.56. The first-order valence-corrected chi connectivity index (χ1v) is 5.69. The molecule has 1 aliphatic rings. The van der Waals surface area contributed by atoms with Gasteiger partial charge in [-0.2, -0.15) is 0 Å². The maximum absolute atomic E-state index is 11.8. The van der Waals surface area contributed by atoms with E-state index in [1.807, 2.05) is 0 Å². The van der Waals surface area contributed by atoms with E-state index >= 15 is 0 Å². The molecule has 5 heteroatoms. The fourth-order valence-electron chi connectivity index (χ4n) is 1.88.